The van der Waals surface area contributed by atoms with Gasteiger partial charge in [0.15, 0.2) is 0 Å². The lowest BCUT2D eigenvalue weighted by Gasteiger charge is -2.21. The lowest BCUT2D eigenvalue weighted by atomic mass is 10.2. The lowest BCUT2D eigenvalue weighted by Crippen LogP contribution is -2.14. The van der Waals surface area contributed by atoms with Crippen LogP contribution in [0.25, 0.3) is 0 Å². The van der Waals surface area contributed by atoms with E-state index in [1.54, 1.807) is 6.92 Å². The highest BCUT2D eigenvalue weighted by atomic mass is 32.2. The molecule has 1 saturated carbocycles. The molecule has 1 unspecified atom stereocenters. The van der Waals surface area contributed by atoms with Crippen molar-refractivity contribution < 1.29 is 14.6 Å². The number of hydrogen-bond donors (Lipinski definition) is 1. The maximum Gasteiger partial charge on any atom is 0.309 e. The molecule has 0 aromatic carbocycles. The van der Waals surface area contributed by atoms with Crippen molar-refractivity contribution >= 4 is 29.5 Å². The predicted molar refractivity (Wildman–Crippen MR) is 67.5 cm³/mol. The van der Waals surface area contributed by atoms with Crippen LogP contribution >= 0.6 is 23.5 Å². The monoisotopic (exact) mass is 262 g/mol. The van der Waals surface area contributed by atoms with Gasteiger partial charge in [0.1, 0.15) is 0 Å². The summed E-state index contributed by atoms with van der Waals surface area (Å²) >= 11 is 3.86. The first-order chi connectivity index (χ1) is 7.66. The molecule has 2 rings (SSSR count). The zero-order valence-electron chi connectivity index (χ0n) is 9.59. The molecule has 2 aliphatic rings. The van der Waals surface area contributed by atoms with Crippen LogP contribution in [0.15, 0.2) is 0 Å². The van der Waals surface area contributed by atoms with Crippen LogP contribution in [-0.2, 0) is 9.53 Å². The summed E-state index contributed by atoms with van der Waals surface area (Å²) in [5, 5.41) is 9.68. The van der Waals surface area contributed by atoms with E-state index in [1.165, 1.54) is 25.0 Å². The Bertz CT molecular complexity index is 264. The predicted octanol–water partition coefficient (Wildman–Crippen LogP) is 1.60. The summed E-state index contributed by atoms with van der Waals surface area (Å²) in [4.78, 5) is 11.6. The number of methoxy groups -OCH3 is 1. The molecule has 4 atom stereocenters. The molecule has 1 aliphatic carbocycles. The van der Waals surface area contributed by atoms with E-state index in [2.05, 4.69) is 0 Å². The largest absolute Gasteiger partial charge is 0.469 e. The van der Waals surface area contributed by atoms with Crippen molar-refractivity contribution in [2.24, 2.45) is 17.8 Å². The fraction of sp³-hybridized carbons (Fsp3) is 0.909. The standard InChI is InChI=1S/C11H18O3S2/c1-6(12)7-8(10(13)14-2)9(7)11-15-4-3-5-16-11/h6-9,11-12H,3-5H2,1-2H3/t6?,7-,8+,9+/m1/s1. The third-order valence-electron chi connectivity index (χ3n) is 3.33. The number of aliphatic hydroxyl groups excluding tert-OH is 1. The highest BCUT2D eigenvalue weighted by molar-refractivity contribution is 8.17. The first kappa shape index (κ1) is 12.6. The Morgan fingerprint density at radius 3 is 2.56 bits per heavy atom. The molecular weight excluding hydrogens is 244 g/mol. The number of carbonyl (C=O) groups excluding carboxylic acids is 1. The summed E-state index contributed by atoms with van der Waals surface area (Å²) in [7, 11) is 1.43. The van der Waals surface area contributed by atoms with E-state index in [1.807, 2.05) is 23.5 Å². The van der Waals surface area contributed by atoms with Crippen LogP contribution in [0.2, 0.25) is 0 Å². The number of rotatable bonds is 3. The summed E-state index contributed by atoms with van der Waals surface area (Å²) in [5.74, 6) is 2.54. The molecule has 1 saturated heterocycles. The van der Waals surface area contributed by atoms with Crippen LogP contribution in [0, 0.1) is 17.8 Å². The minimum absolute atomic E-state index is 0.0758. The number of aliphatic hydroxyl groups is 1. The number of carbonyl (C=O) groups is 1. The Morgan fingerprint density at radius 1 is 1.44 bits per heavy atom. The highest BCUT2D eigenvalue weighted by Crippen LogP contribution is 2.58. The number of thioether (sulfide) groups is 2. The van der Waals surface area contributed by atoms with Gasteiger partial charge in [-0.05, 0) is 30.8 Å². The van der Waals surface area contributed by atoms with Gasteiger partial charge in [-0.2, -0.15) is 0 Å². The molecule has 92 valence electrons. The summed E-state index contributed by atoms with van der Waals surface area (Å²) in [6, 6.07) is 0. The van der Waals surface area contributed by atoms with Crippen molar-refractivity contribution in [1.29, 1.82) is 0 Å². The molecule has 0 spiro atoms. The van der Waals surface area contributed by atoms with E-state index in [4.69, 9.17) is 4.74 Å². The summed E-state index contributed by atoms with van der Waals surface area (Å²) in [6.45, 7) is 1.78. The van der Waals surface area contributed by atoms with Crippen molar-refractivity contribution in [1.82, 2.24) is 0 Å². The minimum Gasteiger partial charge on any atom is -0.469 e. The van der Waals surface area contributed by atoms with Gasteiger partial charge in [0.25, 0.3) is 0 Å². The van der Waals surface area contributed by atoms with Gasteiger partial charge in [-0.3, -0.25) is 4.79 Å². The van der Waals surface area contributed by atoms with Gasteiger partial charge < -0.3 is 9.84 Å². The Labute approximate surface area is 105 Å². The smallest absolute Gasteiger partial charge is 0.309 e. The second kappa shape index (κ2) is 5.19. The summed E-state index contributed by atoms with van der Waals surface area (Å²) in [6.07, 6.45) is 0.845. The Balaban J connectivity index is 2.00. The van der Waals surface area contributed by atoms with Crippen molar-refractivity contribution in [3.05, 3.63) is 0 Å². The molecule has 3 nitrogen and oxygen atoms in total. The van der Waals surface area contributed by atoms with Crippen LogP contribution < -0.4 is 0 Å². The number of ether oxygens (including phenoxy) is 1. The van der Waals surface area contributed by atoms with Gasteiger partial charge in [0.2, 0.25) is 0 Å². The summed E-state index contributed by atoms with van der Waals surface area (Å²) in [5.41, 5.74) is 0. The maximum absolute atomic E-state index is 11.6. The first-order valence-corrected chi connectivity index (χ1v) is 7.75. The van der Waals surface area contributed by atoms with Crippen LogP contribution in [0.3, 0.4) is 0 Å². The van der Waals surface area contributed by atoms with Gasteiger partial charge in [0.05, 0.1) is 23.7 Å². The van der Waals surface area contributed by atoms with Crippen molar-refractivity contribution in [3.63, 3.8) is 0 Å². The molecule has 5 heteroatoms. The van der Waals surface area contributed by atoms with Gasteiger partial charge in [-0.25, -0.2) is 0 Å². The first-order valence-electron chi connectivity index (χ1n) is 5.66. The van der Waals surface area contributed by atoms with E-state index in [9.17, 15) is 9.90 Å². The van der Waals surface area contributed by atoms with E-state index in [-0.39, 0.29) is 17.8 Å². The van der Waals surface area contributed by atoms with Gasteiger partial charge >= 0.3 is 5.97 Å². The Hall–Kier alpha value is 0.130. The number of hydrogen-bond acceptors (Lipinski definition) is 5. The molecule has 0 radical (unpaired) electrons. The Morgan fingerprint density at radius 2 is 2.06 bits per heavy atom. The molecule has 1 N–H and O–H groups in total. The average molecular weight is 262 g/mol. The molecule has 16 heavy (non-hydrogen) atoms. The zero-order chi connectivity index (χ0) is 11.7. The molecule has 2 fully saturated rings. The van der Waals surface area contributed by atoms with Crippen LogP contribution in [0.4, 0.5) is 0 Å². The van der Waals surface area contributed by atoms with Gasteiger partial charge in [0, 0.05) is 5.92 Å². The highest BCUT2D eigenvalue weighted by Gasteiger charge is 2.61. The third kappa shape index (κ3) is 2.36. The fourth-order valence-electron chi connectivity index (χ4n) is 2.51. The van der Waals surface area contributed by atoms with E-state index < -0.39 is 6.10 Å². The van der Waals surface area contributed by atoms with Gasteiger partial charge in [-0.1, -0.05) is 0 Å². The lowest BCUT2D eigenvalue weighted by molar-refractivity contribution is -0.143. The minimum atomic E-state index is -0.405. The summed E-state index contributed by atoms with van der Waals surface area (Å²) < 4.78 is 5.28. The quantitative estimate of drug-likeness (QED) is 0.783. The Kier molecular flexibility index (Phi) is 4.08. The number of esters is 1. The molecule has 0 amide bonds. The third-order valence-corrected chi connectivity index (χ3v) is 6.48. The molecular formula is C11H18O3S2. The molecule has 0 aromatic rings. The van der Waals surface area contributed by atoms with Crippen molar-refractivity contribution in [2.75, 3.05) is 18.6 Å². The molecule has 1 aliphatic heterocycles. The SMILES string of the molecule is COC(=O)[C@H]1[C@@H](C(C)O)[C@@H]1C1SCCCS1. The van der Waals surface area contributed by atoms with Crippen molar-refractivity contribution in [2.45, 2.75) is 24.0 Å². The van der Waals surface area contributed by atoms with Crippen LogP contribution in [-0.4, -0.2) is 40.4 Å². The van der Waals surface area contributed by atoms with Crippen molar-refractivity contribution in [3.8, 4) is 0 Å². The second-order valence-electron chi connectivity index (χ2n) is 4.41. The zero-order valence-corrected chi connectivity index (χ0v) is 11.2. The van der Waals surface area contributed by atoms with E-state index >= 15 is 0 Å². The topological polar surface area (TPSA) is 46.5 Å². The van der Waals surface area contributed by atoms with Crippen LogP contribution in [0.5, 0.6) is 0 Å². The van der Waals surface area contributed by atoms with Crippen LogP contribution in [0.1, 0.15) is 13.3 Å². The second-order valence-corrected chi connectivity index (χ2v) is 7.21. The van der Waals surface area contributed by atoms with E-state index in [0.29, 0.717) is 10.5 Å². The molecule has 0 aromatic heterocycles. The normalized spacial score (nSPS) is 36.8. The average Bonchev–Trinajstić information content (AvgIpc) is 3.04. The fourth-order valence-corrected chi connectivity index (χ4v) is 5.89. The molecule has 0 bridgehead atoms. The van der Waals surface area contributed by atoms with Gasteiger partial charge in [-0.15, -0.1) is 23.5 Å². The maximum atomic E-state index is 11.6. The van der Waals surface area contributed by atoms with E-state index in [0.717, 1.165) is 0 Å². The molecule has 1 heterocycles.